The van der Waals surface area contributed by atoms with E-state index in [2.05, 4.69) is 10.6 Å². The highest BCUT2D eigenvalue weighted by Crippen LogP contribution is 2.06. The maximum atomic E-state index is 11.2. The topological polar surface area (TPSA) is 50.4 Å². The second-order valence-corrected chi connectivity index (χ2v) is 4.59. The molecule has 0 saturated carbocycles. The fourth-order valence-corrected chi connectivity index (χ4v) is 1.11. The van der Waals surface area contributed by atoms with E-state index in [1.807, 2.05) is 27.8 Å². The number of nitrogens with one attached hydrogen (secondary N) is 2. The largest absolute Gasteiger partial charge is 0.444 e. The van der Waals surface area contributed by atoms with Gasteiger partial charge in [-0.25, -0.2) is 4.79 Å². The summed E-state index contributed by atoms with van der Waals surface area (Å²) in [4.78, 5) is 11.2. The maximum absolute atomic E-state index is 11.2. The van der Waals surface area contributed by atoms with Crippen molar-refractivity contribution in [1.29, 1.82) is 0 Å². The molecule has 15 heavy (non-hydrogen) atoms. The average molecular weight is 216 g/mol. The number of carbonyl (C=O) groups excluding carboxylic acids is 1. The summed E-state index contributed by atoms with van der Waals surface area (Å²) < 4.78 is 5.10. The van der Waals surface area contributed by atoms with E-state index in [0.29, 0.717) is 6.54 Å². The van der Waals surface area contributed by atoms with Gasteiger partial charge in [0, 0.05) is 6.54 Å². The molecule has 90 valence electrons. The molecule has 0 aromatic rings. The smallest absolute Gasteiger partial charge is 0.407 e. The average Bonchev–Trinajstić information content (AvgIpc) is 2.08. The highest BCUT2D eigenvalue weighted by molar-refractivity contribution is 5.67. The lowest BCUT2D eigenvalue weighted by Crippen LogP contribution is -2.33. The number of hydrogen-bond acceptors (Lipinski definition) is 3. The van der Waals surface area contributed by atoms with Crippen LogP contribution in [0.2, 0.25) is 0 Å². The zero-order valence-corrected chi connectivity index (χ0v) is 10.4. The third kappa shape index (κ3) is 11.2. The molecule has 0 radical (unpaired) electrons. The fourth-order valence-electron chi connectivity index (χ4n) is 1.11. The van der Waals surface area contributed by atoms with Crippen molar-refractivity contribution in [2.75, 3.05) is 20.1 Å². The standard InChI is InChI=1S/C11H24N2O2/c1-11(2,3)15-10(14)13-9-7-5-6-8-12-4/h12H,5-9H2,1-4H3,(H,13,14). The van der Waals surface area contributed by atoms with Crippen LogP contribution in [0.1, 0.15) is 40.0 Å². The molecular formula is C11H24N2O2. The molecule has 0 unspecified atom stereocenters. The summed E-state index contributed by atoms with van der Waals surface area (Å²) in [7, 11) is 1.94. The molecule has 0 aromatic carbocycles. The van der Waals surface area contributed by atoms with Crippen LogP contribution >= 0.6 is 0 Å². The van der Waals surface area contributed by atoms with Crippen molar-refractivity contribution in [3.8, 4) is 0 Å². The van der Waals surface area contributed by atoms with Crippen molar-refractivity contribution in [2.45, 2.75) is 45.6 Å². The Hall–Kier alpha value is -0.770. The molecule has 0 heterocycles. The number of carbonyl (C=O) groups is 1. The first-order valence-corrected chi connectivity index (χ1v) is 5.57. The number of rotatable bonds is 6. The molecule has 4 heteroatoms. The summed E-state index contributed by atoms with van der Waals surface area (Å²) in [6, 6.07) is 0. The maximum Gasteiger partial charge on any atom is 0.407 e. The van der Waals surface area contributed by atoms with Gasteiger partial charge in [0.25, 0.3) is 0 Å². The number of unbranched alkanes of at least 4 members (excludes halogenated alkanes) is 2. The number of amides is 1. The Morgan fingerprint density at radius 1 is 1.13 bits per heavy atom. The molecular weight excluding hydrogens is 192 g/mol. The molecule has 0 bridgehead atoms. The molecule has 4 nitrogen and oxygen atoms in total. The van der Waals surface area contributed by atoms with Crippen LogP contribution < -0.4 is 10.6 Å². The lowest BCUT2D eigenvalue weighted by Gasteiger charge is -2.19. The van der Waals surface area contributed by atoms with Crippen LogP contribution in [-0.2, 0) is 4.74 Å². The van der Waals surface area contributed by atoms with E-state index >= 15 is 0 Å². The van der Waals surface area contributed by atoms with Crippen molar-refractivity contribution in [3.63, 3.8) is 0 Å². The van der Waals surface area contributed by atoms with E-state index in [4.69, 9.17) is 4.74 Å². The zero-order valence-electron chi connectivity index (χ0n) is 10.4. The van der Waals surface area contributed by atoms with Crippen molar-refractivity contribution in [3.05, 3.63) is 0 Å². The quantitative estimate of drug-likeness (QED) is 0.667. The Labute approximate surface area is 92.8 Å². The second-order valence-electron chi connectivity index (χ2n) is 4.59. The molecule has 0 spiro atoms. The molecule has 0 saturated heterocycles. The van der Waals surface area contributed by atoms with Crippen molar-refractivity contribution >= 4 is 6.09 Å². The van der Waals surface area contributed by atoms with E-state index in [-0.39, 0.29) is 6.09 Å². The first kappa shape index (κ1) is 14.2. The van der Waals surface area contributed by atoms with Crippen molar-refractivity contribution in [2.24, 2.45) is 0 Å². The molecule has 0 aliphatic rings. The second kappa shape index (κ2) is 7.51. The Bertz CT molecular complexity index is 176. The minimum absolute atomic E-state index is 0.323. The summed E-state index contributed by atoms with van der Waals surface area (Å²) in [5.74, 6) is 0. The van der Waals surface area contributed by atoms with Crippen LogP contribution in [0.4, 0.5) is 4.79 Å². The van der Waals surface area contributed by atoms with Gasteiger partial charge in [0.05, 0.1) is 0 Å². The summed E-state index contributed by atoms with van der Waals surface area (Å²) in [6.07, 6.45) is 2.94. The van der Waals surface area contributed by atoms with Crippen LogP contribution in [0, 0.1) is 0 Å². The highest BCUT2D eigenvalue weighted by atomic mass is 16.6. The van der Waals surface area contributed by atoms with Crippen LogP contribution in [0.25, 0.3) is 0 Å². The Kier molecular flexibility index (Phi) is 7.13. The molecule has 0 aromatic heterocycles. The van der Waals surface area contributed by atoms with Gasteiger partial charge in [0.2, 0.25) is 0 Å². The monoisotopic (exact) mass is 216 g/mol. The number of alkyl carbamates (subject to hydrolysis) is 1. The molecule has 0 rings (SSSR count). The minimum Gasteiger partial charge on any atom is -0.444 e. The first-order chi connectivity index (χ1) is 6.95. The van der Waals surface area contributed by atoms with E-state index in [1.165, 1.54) is 0 Å². The molecule has 0 aliphatic carbocycles. The van der Waals surface area contributed by atoms with Gasteiger partial charge < -0.3 is 15.4 Å². The Morgan fingerprint density at radius 3 is 2.27 bits per heavy atom. The van der Waals surface area contributed by atoms with Gasteiger partial charge in [-0.05, 0) is 47.2 Å². The SMILES string of the molecule is CNCCCCCNC(=O)OC(C)(C)C. The molecule has 2 N–H and O–H groups in total. The Morgan fingerprint density at radius 2 is 1.73 bits per heavy atom. The van der Waals surface area contributed by atoms with E-state index < -0.39 is 5.60 Å². The normalized spacial score (nSPS) is 11.2. The van der Waals surface area contributed by atoms with Crippen LogP contribution in [0.3, 0.4) is 0 Å². The number of hydrogen-bond donors (Lipinski definition) is 2. The fraction of sp³-hybridized carbons (Fsp3) is 0.909. The minimum atomic E-state index is -0.407. The molecule has 0 atom stereocenters. The van der Waals surface area contributed by atoms with Gasteiger partial charge in [-0.1, -0.05) is 6.42 Å². The van der Waals surface area contributed by atoms with Crippen LogP contribution in [0.5, 0.6) is 0 Å². The first-order valence-electron chi connectivity index (χ1n) is 5.57. The highest BCUT2D eigenvalue weighted by Gasteiger charge is 2.15. The van der Waals surface area contributed by atoms with Crippen molar-refractivity contribution < 1.29 is 9.53 Å². The third-order valence-electron chi connectivity index (χ3n) is 1.77. The predicted molar refractivity (Wildman–Crippen MR) is 62.0 cm³/mol. The van der Waals surface area contributed by atoms with Gasteiger partial charge in [0.1, 0.15) is 5.60 Å². The molecule has 0 fully saturated rings. The number of ether oxygens (including phenoxy) is 1. The molecule has 1 amide bonds. The predicted octanol–water partition coefficient (Wildman–Crippen LogP) is 1.90. The summed E-state index contributed by atoms with van der Waals surface area (Å²) in [5.41, 5.74) is -0.407. The van der Waals surface area contributed by atoms with Gasteiger partial charge in [0.15, 0.2) is 0 Å². The summed E-state index contributed by atoms with van der Waals surface area (Å²) >= 11 is 0. The van der Waals surface area contributed by atoms with Gasteiger partial charge in [-0.3, -0.25) is 0 Å². The third-order valence-corrected chi connectivity index (χ3v) is 1.77. The van der Waals surface area contributed by atoms with Gasteiger partial charge >= 0.3 is 6.09 Å². The van der Waals surface area contributed by atoms with Gasteiger partial charge in [-0.15, -0.1) is 0 Å². The van der Waals surface area contributed by atoms with Gasteiger partial charge in [-0.2, -0.15) is 0 Å². The summed E-state index contributed by atoms with van der Waals surface area (Å²) in [6.45, 7) is 7.31. The van der Waals surface area contributed by atoms with Crippen molar-refractivity contribution in [1.82, 2.24) is 10.6 Å². The Balaban J connectivity index is 3.32. The van der Waals surface area contributed by atoms with E-state index in [0.717, 1.165) is 25.8 Å². The lowest BCUT2D eigenvalue weighted by atomic mass is 10.2. The zero-order chi connectivity index (χ0) is 11.7. The van der Waals surface area contributed by atoms with E-state index in [1.54, 1.807) is 0 Å². The van der Waals surface area contributed by atoms with Crippen LogP contribution in [0.15, 0.2) is 0 Å². The molecule has 0 aliphatic heterocycles. The lowest BCUT2D eigenvalue weighted by molar-refractivity contribution is 0.0527. The van der Waals surface area contributed by atoms with Crippen LogP contribution in [-0.4, -0.2) is 31.8 Å². The summed E-state index contributed by atoms with van der Waals surface area (Å²) in [5, 5.41) is 5.82. The van der Waals surface area contributed by atoms with E-state index in [9.17, 15) is 4.79 Å².